The van der Waals surface area contributed by atoms with Crippen molar-refractivity contribution in [2.24, 2.45) is 0 Å². The second-order valence-electron chi connectivity index (χ2n) is 2.88. The molecule has 0 bridgehead atoms. The molecular formula is C7H15NO7. The first-order valence-corrected chi connectivity index (χ1v) is 4.17. The fourth-order valence-corrected chi connectivity index (χ4v) is 0.860. The van der Waals surface area contributed by atoms with Gasteiger partial charge in [-0.3, -0.25) is 4.79 Å². The van der Waals surface area contributed by atoms with E-state index in [-0.39, 0.29) is 0 Å². The van der Waals surface area contributed by atoms with E-state index in [1.165, 1.54) is 0 Å². The lowest BCUT2D eigenvalue weighted by atomic mass is 10.0. The standard InChI is InChI=1S/C7H15NO7/c9-1-3(11)4(12)5(13)6(14)7(15)8-2-10/h3-6,9-14H,1-2H2,(H,8,15)/t3-,4+,5+,6+/m1/s1. The Labute approximate surface area is 85.4 Å². The maximum Gasteiger partial charge on any atom is 0.253 e. The lowest BCUT2D eigenvalue weighted by Gasteiger charge is -2.24. The molecule has 0 fully saturated rings. The summed E-state index contributed by atoms with van der Waals surface area (Å²) in [6, 6.07) is 0. The van der Waals surface area contributed by atoms with Crippen LogP contribution in [0.1, 0.15) is 0 Å². The molecule has 8 heteroatoms. The molecule has 8 nitrogen and oxygen atoms in total. The summed E-state index contributed by atoms with van der Waals surface area (Å²) < 4.78 is 0. The number of amides is 1. The molecule has 0 aromatic heterocycles. The second-order valence-corrected chi connectivity index (χ2v) is 2.88. The summed E-state index contributed by atoms with van der Waals surface area (Å²) in [7, 11) is 0. The topological polar surface area (TPSA) is 150 Å². The number of rotatable bonds is 6. The van der Waals surface area contributed by atoms with Gasteiger partial charge in [0.25, 0.3) is 5.91 Å². The normalized spacial score (nSPS) is 19.1. The summed E-state index contributed by atoms with van der Waals surface area (Å²) in [5.74, 6) is -1.10. The van der Waals surface area contributed by atoms with Crippen LogP contribution in [0.2, 0.25) is 0 Å². The van der Waals surface area contributed by atoms with Crippen LogP contribution in [0.4, 0.5) is 0 Å². The fraction of sp³-hybridized carbons (Fsp3) is 0.857. The van der Waals surface area contributed by atoms with Crippen molar-refractivity contribution < 1.29 is 35.4 Å². The highest BCUT2D eigenvalue weighted by molar-refractivity contribution is 5.81. The van der Waals surface area contributed by atoms with Crippen molar-refractivity contribution in [3.8, 4) is 0 Å². The Bertz CT molecular complexity index is 200. The zero-order valence-electron chi connectivity index (χ0n) is 7.82. The summed E-state index contributed by atoms with van der Waals surface area (Å²) in [4.78, 5) is 10.9. The van der Waals surface area contributed by atoms with Crippen LogP contribution in [0.5, 0.6) is 0 Å². The minimum atomic E-state index is -2.01. The Kier molecular flexibility index (Phi) is 6.32. The average Bonchev–Trinajstić information content (AvgIpc) is 2.25. The Morgan fingerprint density at radius 1 is 1.07 bits per heavy atom. The zero-order valence-corrected chi connectivity index (χ0v) is 7.82. The molecule has 0 heterocycles. The molecule has 0 saturated heterocycles. The molecule has 15 heavy (non-hydrogen) atoms. The Balaban J connectivity index is 4.29. The second kappa shape index (κ2) is 6.67. The lowest BCUT2D eigenvalue weighted by Crippen LogP contribution is -2.51. The highest BCUT2D eigenvalue weighted by Crippen LogP contribution is 2.05. The van der Waals surface area contributed by atoms with E-state index in [1.54, 1.807) is 5.32 Å². The summed E-state index contributed by atoms with van der Waals surface area (Å²) in [5, 5.41) is 54.8. The molecule has 0 spiro atoms. The third-order valence-electron chi connectivity index (χ3n) is 1.78. The van der Waals surface area contributed by atoms with Gasteiger partial charge in [-0.1, -0.05) is 0 Å². The van der Waals surface area contributed by atoms with Gasteiger partial charge < -0.3 is 36.0 Å². The van der Waals surface area contributed by atoms with Gasteiger partial charge in [0, 0.05) is 0 Å². The molecule has 0 aliphatic rings. The van der Waals surface area contributed by atoms with Crippen molar-refractivity contribution in [2.75, 3.05) is 13.3 Å². The number of nitrogens with one attached hydrogen (secondary N) is 1. The third-order valence-corrected chi connectivity index (χ3v) is 1.78. The van der Waals surface area contributed by atoms with Crippen LogP contribution in [0, 0.1) is 0 Å². The van der Waals surface area contributed by atoms with Crippen LogP contribution >= 0.6 is 0 Å². The molecule has 0 aromatic rings. The summed E-state index contributed by atoms with van der Waals surface area (Å²) in [5.41, 5.74) is 0. The van der Waals surface area contributed by atoms with Crippen LogP contribution in [-0.2, 0) is 4.79 Å². The first kappa shape index (κ1) is 14.2. The van der Waals surface area contributed by atoms with Gasteiger partial charge in [-0.25, -0.2) is 0 Å². The van der Waals surface area contributed by atoms with Crippen molar-refractivity contribution in [3.63, 3.8) is 0 Å². The number of hydrogen-bond acceptors (Lipinski definition) is 7. The first-order valence-electron chi connectivity index (χ1n) is 4.17. The van der Waals surface area contributed by atoms with Crippen molar-refractivity contribution in [1.82, 2.24) is 5.32 Å². The summed E-state index contributed by atoms with van der Waals surface area (Å²) in [6.45, 7) is -1.56. The molecule has 0 aliphatic heterocycles. The highest BCUT2D eigenvalue weighted by Gasteiger charge is 2.33. The van der Waals surface area contributed by atoms with Gasteiger partial charge in [-0.2, -0.15) is 0 Å². The molecule has 7 N–H and O–H groups in total. The van der Waals surface area contributed by atoms with Gasteiger partial charge in [-0.05, 0) is 0 Å². The van der Waals surface area contributed by atoms with Crippen LogP contribution in [0.15, 0.2) is 0 Å². The molecule has 90 valence electrons. The SMILES string of the molecule is O=C(NCO)[C@@H](O)[C@@H](O)[C@@H](O)[C@H](O)CO. The van der Waals surface area contributed by atoms with Gasteiger partial charge in [0.2, 0.25) is 0 Å². The summed E-state index contributed by atoms with van der Waals surface area (Å²) in [6.07, 6.45) is -7.50. The maximum atomic E-state index is 10.9. The van der Waals surface area contributed by atoms with E-state index in [9.17, 15) is 9.90 Å². The molecule has 1 amide bonds. The van der Waals surface area contributed by atoms with E-state index in [0.29, 0.717) is 0 Å². The predicted molar refractivity (Wildman–Crippen MR) is 46.3 cm³/mol. The number of carbonyl (C=O) groups excluding carboxylic acids is 1. The van der Waals surface area contributed by atoms with Gasteiger partial charge in [0.1, 0.15) is 25.0 Å². The molecular weight excluding hydrogens is 210 g/mol. The average molecular weight is 225 g/mol. The predicted octanol–water partition coefficient (Wildman–Crippen LogP) is -4.51. The number of carbonyl (C=O) groups is 1. The van der Waals surface area contributed by atoms with Crippen LogP contribution in [0.25, 0.3) is 0 Å². The van der Waals surface area contributed by atoms with Crippen molar-refractivity contribution >= 4 is 5.91 Å². The molecule has 0 aromatic carbocycles. The highest BCUT2D eigenvalue weighted by atomic mass is 16.4. The Morgan fingerprint density at radius 2 is 1.60 bits per heavy atom. The van der Waals surface area contributed by atoms with E-state index in [4.69, 9.17) is 25.5 Å². The Morgan fingerprint density at radius 3 is 2.00 bits per heavy atom. The van der Waals surface area contributed by atoms with E-state index in [0.717, 1.165) is 0 Å². The quantitative estimate of drug-likeness (QED) is 0.225. The third kappa shape index (κ3) is 4.08. The van der Waals surface area contributed by atoms with Crippen molar-refractivity contribution in [3.05, 3.63) is 0 Å². The number of aliphatic hydroxyl groups excluding tert-OH is 6. The van der Waals surface area contributed by atoms with E-state index in [1.807, 2.05) is 0 Å². The van der Waals surface area contributed by atoms with Crippen LogP contribution < -0.4 is 5.32 Å². The smallest absolute Gasteiger partial charge is 0.253 e. The van der Waals surface area contributed by atoms with Crippen molar-refractivity contribution in [2.45, 2.75) is 24.4 Å². The lowest BCUT2D eigenvalue weighted by molar-refractivity contribution is -0.149. The molecule has 4 atom stereocenters. The van der Waals surface area contributed by atoms with E-state index in [2.05, 4.69) is 0 Å². The largest absolute Gasteiger partial charge is 0.394 e. The molecule has 0 saturated carbocycles. The van der Waals surface area contributed by atoms with Crippen molar-refractivity contribution in [1.29, 1.82) is 0 Å². The molecule has 0 unspecified atom stereocenters. The van der Waals surface area contributed by atoms with Gasteiger partial charge in [0.05, 0.1) is 6.61 Å². The minimum Gasteiger partial charge on any atom is -0.394 e. The summed E-state index contributed by atoms with van der Waals surface area (Å²) >= 11 is 0. The van der Waals surface area contributed by atoms with Crippen LogP contribution in [0.3, 0.4) is 0 Å². The first-order chi connectivity index (χ1) is 6.95. The molecule has 0 radical (unpaired) electrons. The van der Waals surface area contributed by atoms with Gasteiger partial charge >= 0.3 is 0 Å². The number of hydrogen-bond donors (Lipinski definition) is 7. The van der Waals surface area contributed by atoms with E-state index >= 15 is 0 Å². The van der Waals surface area contributed by atoms with Gasteiger partial charge in [0.15, 0.2) is 6.10 Å². The molecule has 0 aliphatic carbocycles. The van der Waals surface area contributed by atoms with Gasteiger partial charge in [-0.15, -0.1) is 0 Å². The van der Waals surface area contributed by atoms with Crippen LogP contribution in [-0.4, -0.2) is 74.3 Å². The molecule has 0 rings (SSSR count). The fourth-order valence-electron chi connectivity index (χ4n) is 0.860. The number of aliphatic hydroxyl groups is 6. The Hall–Kier alpha value is -0.770. The maximum absolute atomic E-state index is 10.9. The monoisotopic (exact) mass is 225 g/mol. The van der Waals surface area contributed by atoms with E-state index < -0.39 is 43.7 Å². The zero-order chi connectivity index (χ0) is 12.0. The minimum absolute atomic E-state index is 0.735.